The summed E-state index contributed by atoms with van der Waals surface area (Å²) in [5.74, 6) is 2.05. The summed E-state index contributed by atoms with van der Waals surface area (Å²) in [6.45, 7) is 1.75. The van der Waals surface area contributed by atoms with Gasteiger partial charge in [-0.15, -0.1) is 0 Å². The molecule has 0 atom stereocenters. The number of nitrogens with two attached hydrogens (primary N) is 1. The van der Waals surface area contributed by atoms with Gasteiger partial charge >= 0.3 is 0 Å². The van der Waals surface area contributed by atoms with E-state index in [0.717, 1.165) is 47.9 Å². The largest absolute Gasteiger partial charge is 0.399 e. The third-order valence-corrected chi connectivity index (χ3v) is 3.62. The van der Waals surface area contributed by atoms with Gasteiger partial charge in [0, 0.05) is 38.1 Å². The minimum atomic E-state index is 0.754. The van der Waals surface area contributed by atoms with Crippen LogP contribution in [-0.4, -0.2) is 38.0 Å². The van der Waals surface area contributed by atoms with Gasteiger partial charge in [-0.3, -0.25) is 4.90 Å². The zero-order chi connectivity index (χ0) is 14.8. The van der Waals surface area contributed by atoms with E-state index >= 15 is 0 Å². The lowest BCUT2D eigenvalue weighted by Gasteiger charge is -2.15. The maximum Gasteiger partial charge on any atom is 0.122 e. The van der Waals surface area contributed by atoms with Gasteiger partial charge in [0.05, 0.1) is 17.6 Å². The Hall–Kier alpha value is -2.34. The van der Waals surface area contributed by atoms with E-state index in [1.54, 1.807) is 0 Å². The number of nitrogens with zero attached hydrogens (tertiary/aromatic N) is 4. The molecule has 2 heterocycles. The van der Waals surface area contributed by atoms with E-state index in [9.17, 15) is 0 Å². The van der Waals surface area contributed by atoms with Gasteiger partial charge in [0.2, 0.25) is 0 Å². The van der Waals surface area contributed by atoms with Crippen LogP contribution in [-0.2, 0) is 20.0 Å². The molecule has 0 saturated carbocycles. The van der Waals surface area contributed by atoms with Crippen molar-refractivity contribution in [3.05, 3.63) is 42.2 Å². The van der Waals surface area contributed by atoms with Crippen LogP contribution in [0.2, 0.25) is 0 Å². The van der Waals surface area contributed by atoms with Crippen LogP contribution in [0.3, 0.4) is 0 Å². The van der Waals surface area contributed by atoms with E-state index in [0.29, 0.717) is 0 Å². The van der Waals surface area contributed by atoms with Crippen molar-refractivity contribution in [3.63, 3.8) is 0 Å². The number of aryl methyl sites for hydroxylation is 1. The molecule has 6 heteroatoms. The van der Waals surface area contributed by atoms with Crippen LogP contribution in [0.25, 0.3) is 11.0 Å². The molecule has 2 aromatic heterocycles. The van der Waals surface area contributed by atoms with E-state index in [1.165, 1.54) is 0 Å². The molecule has 0 fully saturated rings. The first kappa shape index (κ1) is 13.6. The van der Waals surface area contributed by atoms with E-state index < -0.39 is 0 Å². The Morgan fingerprint density at radius 1 is 1.38 bits per heavy atom. The SMILES string of the molecule is CN(CCc1nc2ccc(N)cc2[nH]1)Cc1nccn1C. The van der Waals surface area contributed by atoms with Crippen LogP contribution >= 0.6 is 0 Å². The molecule has 110 valence electrons. The fourth-order valence-corrected chi connectivity index (χ4v) is 2.36. The number of nitrogens with one attached hydrogen (secondary N) is 1. The van der Waals surface area contributed by atoms with Crippen molar-refractivity contribution >= 4 is 16.7 Å². The average Bonchev–Trinajstić information content (AvgIpc) is 3.02. The lowest BCUT2D eigenvalue weighted by Crippen LogP contribution is -2.22. The lowest BCUT2D eigenvalue weighted by atomic mass is 10.3. The molecule has 0 spiro atoms. The molecule has 0 amide bonds. The summed E-state index contributed by atoms with van der Waals surface area (Å²) >= 11 is 0. The monoisotopic (exact) mass is 284 g/mol. The van der Waals surface area contributed by atoms with Gasteiger partial charge in [-0.1, -0.05) is 0 Å². The Morgan fingerprint density at radius 3 is 3.00 bits per heavy atom. The molecule has 0 aliphatic rings. The highest BCUT2D eigenvalue weighted by atomic mass is 15.1. The number of anilines is 1. The Morgan fingerprint density at radius 2 is 2.24 bits per heavy atom. The quantitative estimate of drug-likeness (QED) is 0.697. The van der Waals surface area contributed by atoms with Gasteiger partial charge in [-0.2, -0.15) is 0 Å². The van der Waals surface area contributed by atoms with E-state index in [4.69, 9.17) is 5.73 Å². The van der Waals surface area contributed by atoms with Crippen LogP contribution < -0.4 is 5.73 Å². The second kappa shape index (κ2) is 5.57. The van der Waals surface area contributed by atoms with Crippen molar-refractivity contribution in [2.24, 2.45) is 7.05 Å². The van der Waals surface area contributed by atoms with Crippen LogP contribution in [0.4, 0.5) is 5.69 Å². The van der Waals surface area contributed by atoms with Crippen molar-refractivity contribution in [2.75, 3.05) is 19.3 Å². The van der Waals surface area contributed by atoms with Gasteiger partial charge < -0.3 is 15.3 Å². The highest BCUT2D eigenvalue weighted by Crippen LogP contribution is 2.15. The molecule has 3 rings (SSSR count). The molecule has 0 radical (unpaired) electrons. The smallest absolute Gasteiger partial charge is 0.122 e. The molecule has 6 nitrogen and oxygen atoms in total. The first-order valence-corrected chi connectivity index (χ1v) is 7.00. The zero-order valence-corrected chi connectivity index (χ0v) is 12.4. The summed E-state index contributed by atoms with van der Waals surface area (Å²) in [6.07, 6.45) is 4.66. The van der Waals surface area contributed by atoms with Crippen LogP contribution in [0.15, 0.2) is 30.6 Å². The first-order chi connectivity index (χ1) is 10.1. The number of benzene rings is 1. The van der Waals surface area contributed by atoms with Gasteiger partial charge in [0.15, 0.2) is 0 Å². The molecule has 1 aromatic carbocycles. The standard InChI is InChI=1S/C15H20N6/c1-20(10-15-17-6-8-21(15)2)7-5-14-18-12-4-3-11(16)9-13(12)19-14/h3-4,6,8-9H,5,7,10,16H2,1-2H3,(H,18,19). The number of fused-ring (bicyclic) bond motifs is 1. The molecule has 3 N–H and O–H groups in total. The first-order valence-electron chi connectivity index (χ1n) is 7.00. The summed E-state index contributed by atoms with van der Waals surface area (Å²) < 4.78 is 2.04. The Balaban J connectivity index is 1.62. The van der Waals surface area contributed by atoms with Crippen molar-refractivity contribution in [1.82, 2.24) is 24.4 Å². The molecular weight excluding hydrogens is 264 g/mol. The molecule has 0 saturated heterocycles. The van der Waals surface area contributed by atoms with E-state index in [-0.39, 0.29) is 0 Å². The number of rotatable bonds is 5. The highest BCUT2D eigenvalue weighted by molar-refractivity contribution is 5.78. The zero-order valence-electron chi connectivity index (χ0n) is 12.4. The highest BCUT2D eigenvalue weighted by Gasteiger charge is 2.07. The molecule has 0 aliphatic carbocycles. The molecule has 0 bridgehead atoms. The molecule has 0 aliphatic heterocycles. The third-order valence-electron chi connectivity index (χ3n) is 3.62. The van der Waals surface area contributed by atoms with Crippen LogP contribution in [0.5, 0.6) is 0 Å². The van der Waals surface area contributed by atoms with Gasteiger partial charge in [0.1, 0.15) is 11.6 Å². The topological polar surface area (TPSA) is 75.8 Å². The number of likely N-dealkylation sites (N-methyl/N-ethyl adjacent to an activating group) is 1. The summed E-state index contributed by atoms with van der Waals surface area (Å²) in [6, 6.07) is 5.74. The van der Waals surface area contributed by atoms with E-state index in [2.05, 4.69) is 26.9 Å². The second-order valence-corrected chi connectivity index (χ2v) is 5.40. The van der Waals surface area contributed by atoms with Gasteiger partial charge in [0.25, 0.3) is 0 Å². The molecule has 21 heavy (non-hydrogen) atoms. The lowest BCUT2D eigenvalue weighted by molar-refractivity contribution is 0.317. The van der Waals surface area contributed by atoms with Gasteiger partial charge in [-0.25, -0.2) is 9.97 Å². The predicted molar refractivity (Wildman–Crippen MR) is 83.8 cm³/mol. The van der Waals surface area contributed by atoms with Crippen molar-refractivity contribution in [3.8, 4) is 0 Å². The fraction of sp³-hybridized carbons (Fsp3) is 0.333. The Bertz CT molecular complexity index is 742. The minimum absolute atomic E-state index is 0.754. The molecule has 0 unspecified atom stereocenters. The number of imidazole rings is 2. The second-order valence-electron chi connectivity index (χ2n) is 5.40. The predicted octanol–water partition coefficient (Wildman–Crippen LogP) is 1.55. The Kier molecular flexibility index (Phi) is 3.62. The number of aromatic amines is 1. The number of hydrogen-bond donors (Lipinski definition) is 2. The maximum atomic E-state index is 5.78. The number of aromatic nitrogens is 4. The molecular formula is C15H20N6. The number of nitrogen functional groups attached to an aromatic ring is 1. The van der Waals surface area contributed by atoms with Crippen LogP contribution in [0.1, 0.15) is 11.6 Å². The number of H-pyrrole nitrogens is 1. The minimum Gasteiger partial charge on any atom is -0.399 e. The van der Waals surface area contributed by atoms with Crippen molar-refractivity contribution in [1.29, 1.82) is 0 Å². The maximum absolute atomic E-state index is 5.78. The number of hydrogen-bond acceptors (Lipinski definition) is 4. The summed E-state index contributed by atoms with van der Waals surface area (Å²) in [5, 5.41) is 0. The fourth-order valence-electron chi connectivity index (χ4n) is 2.36. The third kappa shape index (κ3) is 3.05. The summed E-state index contributed by atoms with van der Waals surface area (Å²) in [4.78, 5) is 14.5. The van der Waals surface area contributed by atoms with Crippen molar-refractivity contribution in [2.45, 2.75) is 13.0 Å². The normalized spacial score (nSPS) is 11.6. The van der Waals surface area contributed by atoms with Crippen LogP contribution in [0, 0.1) is 0 Å². The molecule has 3 aromatic rings. The summed E-state index contributed by atoms with van der Waals surface area (Å²) in [5.41, 5.74) is 8.50. The van der Waals surface area contributed by atoms with Crippen molar-refractivity contribution < 1.29 is 0 Å². The average molecular weight is 284 g/mol. The Labute approximate surface area is 123 Å². The van der Waals surface area contributed by atoms with Gasteiger partial charge in [-0.05, 0) is 25.2 Å². The van der Waals surface area contributed by atoms with E-state index in [1.807, 2.05) is 42.2 Å². The summed E-state index contributed by atoms with van der Waals surface area (Å²) in [7, 11) is 4.11.